The lowest BCUT2D eigenvalue weighted by Crippen LogP contribution is -2.39. The van der Waals surface area contributed by atoms with Gasteiger partial charge in [-0.1, -0.05) is 70.7 Å². The quantitative estimate of drug-likeness (QED) is 0.574. The number of nitrogens with zero attached hydrogens (tertiary/aromatic N) is 2. The third kappa shape index (κ3) is 2.76. The first-order valence-corrected chi connectivity index (χ1v) is 10.9. The summed E-state index contributed by atoms with van der Waals surface area (Å²) in [7, 11) is 2.13. The van der Waals surface area contributed by atoms with Crippen LogP contribution in [0, 0.1) is 0 Å². The number of likely N-dealkylation sites (N-methyl/N-ethyl adjacent to an activating group) is 1. The molecule has 2 heterocycles. The molecule has 1 atom stereocenters. The minimum absolute atomic E-state index is 0.0542. The number of allylic oxidation sites excluding steroid dienone is 1. The Balaban J connectivity index is 1.79. The molecular weight excluding hydrogens is 352 g/mol. The summed E-state index contributed by atoms with van der Waals surface area (Å²) in [5, 5.41) is 0. The molecule has 0 bridgehead atoms. The highest BCUT2D eigenvalue weighted by Crippen LogP contribution is 2.53. The van der Waals surface area contributed by atoms with E-state index in [2.05, 4.69) is 100 Å². The second-order valence-electron chi connectivity index (χ2n) is 9.43. The predicted molar refractivity (Wildman–Crippen MR) is 126 cm³/mol. The average molecular weight is 387 g/mol. The number of aryl methyl sites for hydroxylation is 1. The normalized spacial score (nSPS) is 22.2. The summed E-state index contributed by atoms with van der Waals surface area (Å²) in [6.45, 7) is 19.2. The predicted octanol–water partition coefficient (Wildman–Crippen LogP) is 6.56. The Kier molecular flexibility index (Phi) is 4.64. The fraction of sp³-hybridized carbons (Fsp3) is 0.407. The Labute approximate surface area is 176 Å². The molecule has 2 aromatic carbocycles. The van der Waals surface area contributed by atoms with E-state index in [4.69, 9.17) is 0 Å². The van der Waals surface area contributed by atoms with Crippen LogP contribution in [0.1, 0.15) is 57.2 Å². The highest BCUT2D eigenvalue weighted by Gasteiger charge is 2.47. The molecule has 2 aromatic rings. The van der Waals surface area contributed by atoms with E-state index < -0.39 is 0 Å². The Bertz CT molecular complexity index is 984. The summed E-state index contributed by atoms with van der Waals surface area (Å²) in [5.41, 5.74) is 9.03. The second kappa shape index (κ2) is 6.79. The molecule has 2 heteroatoms. The van der Waals surface area contributed by atoms with Gasteiger partial charge in [-0.25, -0.2) is 0 Å². The zero-order valence-corrected chi connectivity index (χ0v) is 18.7. The van der Waals surface area contributed by atoms with Crippen molar-refractivity contribution in [2.45, 2.75) is 57.8 Å². The maximum atomic E-state index is 4.58. The van der Waals surface area contributed by atoms with Crippen LogP contribution in [0.4, 0.5) is 11.4 Å². The molecule has 0 amide bonds. The fourth-order valence-corrected chi connectivity index (χ4v) is 5.31. The van der Waals surface area contributed by atoms with Gasteiger partial charge in [0, 0.05) is 41.8 Å². The molecule has 2 nitrogen and oxygen atoms in total. The van der Waals surface area contributed by atoms with Crippen LogP contribution in [0.5, 0.6) is 0 Å². The molecule has 152 valence electrons. The van der Waals surface area contributed by atoms with Crippen molar-refractivity contribution in [3.8, 4) is 0 Å². The van der Waals surface area contributed by atoms with E-state index in [0.29, 0.717) is 0 Å². The molecule has 4 rings (SSSR count). The van der Waals surface area contributed by atoms with Gasteiger partial charge in [0.2, 0.25) is 0 Å². The van der Waals surface area contributed by atoms with Crippen molar-refractivity contribution >= 4 is 11.4 Å². The summed E-state index contributed by atoms with van der Waals surface area (Å²) in [6.07, 6.45) is 3.58. The average Bonchev–Trinajstić information content (AvgIpc) is 3.03. The summed E-state index contributed by atoms with van der Waals surface area (Å²) < 4.78 is 0. The molecule has 29 heavy (non-hydrogen) atoms. The molecule has 0 radical (unpaired) electrons. The number of anilines is 2. The second-order valence-corrected chi connectivity index (χ2v) is 9.43. The molecule has 0 saturated heterocycles. The molecule has 0 fully saturated rings. The minimum Gasteiger partial charge on any atom is -0.348 e. The van der Waals surface area contributed by atoms with Gasteiger partial charge in [0.25, 0.3) is 0 Å². The molecule has 0 N–H and O–H groups in total. The van der Waals surface area contributed by atoms with Gasteiger partial charge in [-0.05, 0) is 48.6 Å². The smallest absolute Gasteiger partial charge is 0.0520 e. The van der Waals surface area contributed by atoms with Crippen LogP contribution in [0.3, 0.4) is 0 Å². The lowest BCUT2D eigenvalue weighted by atomic mass is 9.80. The summed E-state index contributed by atoms with van der Waals surface area (Å²) >= 11 is 0. The first-order chi connectivity index (χ1) is 13.7. The fourth-order valence-electron chi connectivity index (χ4n) is 5.31. The van der Waals surface area contributed by atoms with E-state index in [1.54, 1.807) is 0 Å². The van der Waals surface area contributed by atoms with Gasteiger partial charge in [0.05, 0.1) is 5.41 Å². The zero-order chi connectivity index (χ0) is 21.0. The highest BCUT2D eigenvalue weighted by molar-refractivity contribution is 5.75. The van der Waals surface area contributed by atoms with Crippen molar-refractivity contribution in [1.82, 2.24) is 0 Å². The van der Waals surface area contributed by atoms with Crippen LogP contribution < -0.4 is 9.80 Å². The SMILES string of the molecule is C=C1N(CC2(C)C(=C)N(C)c3ccccc32)c2cccc(CCCC)c2C1(C)C. The summed E-state index contributed by atoms with van der Waals surface area (Å²) in [4.78, 5) is 4.71. The Morgan fingerprint density at radius 3 is 2.31 bits per heavy atom. The van der Waals surface area contributed by atoms with Gasteiger partial charge in [0.15, 0.2) is 0 Å². The molecule has 0 spiro atoms. The highest BCUT2D eigenvalue weighted by atomic mass is 15.2. The number of hydrogen-bond donors (Lipinski definition) is 0. The number of hydrogen-bond acceptors (Lipinski definition) is 2. The van der Waals surface area contributed by atoms with Crippen molar-refractivity contribution in [3.05, 3.63) is 83.7 Å². The first-order valence-electron chi connectivity index (χ1n) is 10.9. The van der Waals surface area contributed by atoms with Crippen molar-refractivity contribution < 1.29 is 0 Å². The van der Waals surface area contributed by atoms with Crippen molar-refractivity contribution in [3.63, 3.8) is 0 Å². The van der Waals surface area contributed by atoms with Crippen LogP contribution in [-0.4, -0.2) is 13.6 Å². The van der Waals surface area contributed by atoms with Gasteiger partial charge in [-0.15, -0.1) is 0 Å². The molecule has 2 aliphatic heterocycles. The van der Waals surface area contributed by atoms with Gasteiger partial charge in [0.1, 0.15) is 0 Å². The summed E-state index contributed by atoms with van der Waals surface area (Å²) in [6, 6.07) is 15.5. The number of fused-ring (bicyclic) bond motifs is 2. The van der Waals surface area contributed by atoms with Crippen LogP contribution in [0.2, 0.25) is 0 Å². The summed E-state index contributed by atoms with van der Waals surface area (Å²) in [5.74, 6) is 0. The number of rotatable bonds is 5. The minimum atomic E-state index is -0.147. The third-order valence-electron chi connectivity index (χ3n) is 7.27. The van der Waals surface area contributed by atoms with Crippen molar-refractivity contribution in [1.29, 1.82) is 0 Å². The van der Waals surface area contributed by atoms with Gasteiger partial charge >= 0.3 is 0 Å². The Morgan fingerprint density at radius 2 is 1.59 bits per heavy atom. The van der Waals surface area contributed by atoms with E-state index in [1.165, 1.54) is 46.6 Å². The molecule has 2 aliphatic rings. The number of unbranched alkanes of at least 4 members (excludes halogenated alkanes) is 1. The van der Waals surface area contributed by atoms with Crippen LogP contribution in [-0.2, 0) is 17.3 Å². The maximum absolute atomic E-state index is 4.58. The number of para-hydroxylation sites is 1. The Morgan fingerprint density at radius 1 is 0.897 bits per heavy atom. The van der Waals surface area contributed by atoms with Crippen LogP contribution in [0.25, 0.3) is 0 Å². The van der Waals surface area contributed by atoms with E-state index in [-0.39, 0.29) is 10.8 Å². The van der Waals surface area contributed by atoms with Gasteiger partial charge in [-0.3, -0.25) is 0 Å². The lowest BCUT2D eigenvalue weighted by Gasteiger charge is -2.35. The monoisotopic (exact) mass is 386 g/mol. The van der Waals surface area contributed by atoms with E-state index in [1.807, 2.05) is 0 Å². The van der Waals surface area contributed by atoms with E-state index >= 15 is 0 Å². The third-order valence-corrected chi connectivity index (χ3v) is 7.27. The van der Waals surface area contributed by atoms with Gasteiger partial charge < -0.3 is 9.80 Å². The van der Waals surface area contributed by atoms with Crippen LogP contribution in [0.15, 0.2) is 67.0 Å². The lowest BCUT2D eigenvalue weighted by molar-refractivity contribution is 0.551. The van der Waals surface area contributed by atoms with Crippen LogP contribution >= 0.6 is 0 Å². The molecule has 0 saturated carbocycles. The topological polar surface area (TPSA) is 6.48 Å². The van der Waals surface area contributed by atoms with Crippen molar-refractivity contribution in [2.24, 2.45) is 0 Å². The standard InChI is InChI=1S/C27H34N2/c1-8-9-13-21-14-12-17-24-25(21)26(4,5)19(2)29(24)18-27(6)20(3)28(7)23-16-11-10-15-22(23)27/h10-12,14-17H,2-3,8-9,13,18H2,1,4-7H3. The number of benzene rings is 2. The largest absolute Gasteiger partial charge is 0.348 e. The van der Waals surface area contributed by atoms with E-state index in [9.17, 15) is 0 Å². The molecular formula is C27H34N2. The molecule has 0 aromatic heterocycles. The molecule has 1 unspecified atom stereocenters. The Hall–Kier alpha value is -2.48. The first kappa shape index (κ1) is 19.8. The molecule has 0 aliphatic carbocycles. The van der Waals surface area contributed by atoms with Gasteiger partial charge in [-0.2, -0.15) is 0 Å². The van der Waals surface area contributed by atoms with E-state index in [0.717, 1.165) is 18.7 Å². The van der Waals surface area contributed by atoms with Crippen molar-refractivity contribution in [2.75, 3.05) is 23.4 Å². The zero-order valence-electron chi connectivity index (χ0n) is 18.7. The maximum Gasteiger partial charge on any atom is 0.0520 e.